The number of rotatable bonds is 6. The van der Waals surface area contributed by atoms with Gasteiger partial charge in [0, 0.05) is 30.7 Å². The van der Waals surface area contributed by atoms with E-state index in [1.807, 2.05) is 12.1 Å². The van der Waals surface area contributed by atoms with E-state index < -0.39 is 0 Å². The van der Waals surface area contributed by atoms with Crippen molar-refractivity contribution in [3.05, 3.63) is 59.7 Å². The van der Waals surface area contributed by atoms with Crippen LogP contribution in [0.2, 0.25) is 0 Å². The third-order valence-electron chi connectivity index (χ3n) is 4.19. The molecule has 0 saturated heterocycles. The number of furan rings is 1. The molecule has 2 aromatic heterocycles. The van der Waals surface area contributed by atoms with Gasteiger partial charge in [-0.1, -0.05) is 25.1 Å². The summed E-state index contributed by atoms with van der Waals surface area (Å²) < 4.78 is 5.31. The largest absolute Gasteiger partial charge is 0.467 e. The van der Waals surface area contributed by atoms with Crippen molar-refractivity contribution in [2.24, 2.45) is 4.99 Å². The molecule has 3 rings (SSSR count). The van der Waals surface area contributed by atoms with Gasteiger partial charge in [0.25, 0.3) is 0 Å². The molecule has 6 heteroatoms. The van der Waals surface area contributed by atoms with E-state index >= 15 is 0 Å². The maximum Gasteiger partial charge on any atom is 0.191 e. The monoisotopic (exact) mass is 452 g/mol. The molecule has 0 bridgehead atoms. The number of para-hydroxylation sites is 1. The van der Waals surface area contributed by atoms with Crippen molar-refractivity contribution in [2.75, 3.05) is 13.6 Å². The number of aromatic amines is 1. The predicted molar refractivity (Wildman–Crippen MR) is 114 cm³/mol. The molecule has 5 nitrogen and oxygen atoms in total. The molecule has 134 valence electrons. The van der Waals surface area contributed by atoms with E-state index in [-0.39, 0.29) is 24.0 Å². The van der Waals surface area contributed by atoms with Crippen LogP contribution in [0.5, 0.6) is 0 Å². The first-order valence-electron chi connectivity index (χ1n) is 8.36. The average molecular weight is 452 g/mol. The summed E-state index contributed by atoms with van der Waals surface area (Å²) in [5.41, 5.74) is 3.95. The minimum absolute atomic E-state index is 0. The van der Waals surface area contributed by atoms with Gasteiger partial charge >= 0.3 is 0 Å². The number of fused-ring (bicyclic) bond motifs is 1. The molecule has 0 unspecified atom stereocenters. The Hall–Kier alpha value is -1.96. The average Bonchev–Trinajstić information content (AvgIpc) is 3.27. The standard InChI is InChI=1S/C19H24N4O.HI/c1-3-14-6-4-8-17-15(12-22-18(14)17)9-10-21-19(20-2)23-13-16-7-5-11-24-16;/h4-8,11-12,22H,3,9-10,13H2,1-2H3,(H2,20,21,23);1H. The molecule has 25 heavy (non-hydrogen) atoms. The van der Waals surface area contributed by atoms with Crippen molar-refractivity contribution in [2.45, 2.75) is 26.3 Å². The third-order valence-corrected chi connectivity index (χ3v) is 4.19. The number of aromatic nitrogens is 1. The van der Waals surface area contributed by atoms with E-state index in [1.165, 1.54) is 22.0 Å². The lowest BCUT2D eigenvalue weighted by Crippen LogP contribution is -2.37. The van der Waals surface area contributed by atoms with Crippen LogP contribution in [-0.2, 0) is 19.4 Å². The Morgan fingerprint density at radius 1 is 1.16 bits per heavy atom. The van der Waals surface area contributed by atoms with Crippen molar-refractivity contribution in [1.82, 2.24) is 15.6 Å². The van der Waals surface area contributed by atoms with Crippen LogP contribution in [0.4, 0.5) is 0 Å². The lowest BCUT2D eigenvalue weighted by atomic mass is 10.1. The van der Waals surface area contributed by atoms with Gasteiger partial charge in [-0.15, -0.1) is 24.0 Å². The normalized spacial score (nSPS) is 11.4. The number of nitrogens with zero attached hydrogens (tertiary/aromatic N) is 1. The van der Waals surface area contributed by atoms with Gasteiger partial charge in [-0.2, -0.15) is 0 Å². The van der Waals surface area contributed by atoms with Crippen LogP contribution in [-0.4, -0.2) is 24.5 Å². The van der Waals surface area contributed by atoms with Crippen LogP contribution in [0.3, 0.4) is 0 Å². The number of benzene rings is 1. The molecule has 0 aliphatic heterocycles. The second kappa shape index (κ2) is 9.50. The van der Waals surface area contributed by atoms with E-state index in [1.54, 1.807) is 13.3 Å². The number of guanidine groups is 1. The summed E-state index contributed by atoms with van der Waals surface area (Å²) >= 11 is 0. The highest BCUT2D eigenvalue weighted by Crippen LogP contribution is 2.22. The summed E-state index contributed by atoms with van der Waals surface area (Å²) in [6, 6.07) is 10.3. The highest BCUT2D eigenvalue weighted by atomic mass is 127. The molecule has 0 amide bonds. The highest BCUT2D eigenvalue weighted by Gasteiger charge is 2.07. The molecular weight excluding hydrogens is 427 g/mol. The van der Waals surface area contributed by atoms with Gasteiger partial charge in [0.1, 0.15) is 5.76 Å². The van der Waals surface area contributed by atoms with Crippen molar-refractivity contribution < 1.29 is 4.42 Å². The molecule has 0 aliphatic carbocycles. The SMILES string of the molecule is CCc1cccc2c(CCNC(=NC)NCc3ccco3)c[nH]c12.I. The van der Waals surface area contributed by atoms with Gasteiger partial charge < -0.3 is 20.0 Å². The van der Waals surface area contributed by atoms with E-state index in [0.29, 0.717) is 6.54 Å². The van der Waals surface area contributed by atoms with Crippen LogP contribution in [0.15, 0.2) is 52.2 Å². The Bertz CT molecular complexity index is 808. The molecule has 0 saturated carbocycles. The fourth-order valence-electron chi connectivity index (χ4n) is 2.90. The molecule has 0 spiro atoms. The van der Waals surface area contributed by atoms with Gasteiger partial charge in [-0.05, 0) is 36.1 Å². The number of hydrogen-bond acceptors (Lipinski definition) is 2. The van der Waals surface area contributed by atoms with Crippen molar-refractivity contribution in [1.29, 1.82) is 0 Å². The summed E-state index contributed by atoms with van der Waals surface area (Å²) in [4.78, 5) is 7.66. The van der Waals surface area contributed by atoms with Crippen LogP contribution >= 0.6 is 24.0 Å². The summed E-state index contributed by atoms with van der Waals surface area (Å²) in [6.45, 7) is 3.63. The van der Waals surface area contributed by atoms with Gasteiger partial charge in [0.2, 0.25) is 0 Å². The molecule has 2 heterocycles. The van der Waals surface area contributed by atoms with Crippen LogP contribution in [0.1, 0.15) is 23.8 Å². The maximum absolute atomic E-state index is 5.31. The van der Waals surface area contributed by atoms with Gasteiger partial charge in [0.15, 0.2) is 5.96 Å². The maximum atomic E-state index is 5.31. The van der Waals surface area contributed by atoms with Crippen LogP contribution < -0.4 is 10.6 Å². The quantitative estimate of drug-likeness (QED) is 0.303. The van der Waals surface area contributed by atoms with Crippen LogP contribution in [0, 0.1) is 0 Å². The number of H-pyrrole nitrogens is 1. The Labute approximate surface area is 165 Å². The molecule has 0 atom stereocenters. The fraction of sp³-hybridized carbons (Fsp3) is 0.316. The van der Waals surface area contributed by atoms with E-state index in [2.05, 4.69) is 51.9 Å². The predicted octanol–water partition coefficient (Wildman–Crippen LogP) is 3.85. The molecule has 0 fully saturated rings. The third kappa shape index (κ3) is 4.78. The van der Waals surface area contributed by atoms with Gasteiger partial charge in [-0.3, -0.25) is 4.99 Å². The molecule has 3 aromatic rings. The zero-order valence-electron chi connectivity index (χ0n) is 14.6. The molecule has 1 aromatic carbocycles. The van der Waals surface area contributed by atoms with E-state index in [0.717, 1.165) is 31.1 Å². The Morgan fingerprint density at radius 2 is 2.04 bits per heavy atom. The first-order chi connectivity index (χ1) is 11.8. The summed E-state index contributed by atoms with van der Waals surface area (Å²) in [6.07, 6.45) is 5.77. The second-order valence-electron chi connectivity index (χ2n) is 5.69. The molecule has 0 radical (unpaired) electrons. The van der Waals surface area contributed by atoms with Crippen LogP contribution in [0.25, 0.3) is 10.9 Å². The number of nitrogens with one attached hydrogen (secondary N) is 3. The molecule has 0 aliphatic rings. The topological polar surface area (TPSA) is 65.3 Å². The van der Waals surface area contributed by atoms with Gasteiger partial charge in [-0.25, -0.2) is 0 Å². The first-order valence-corrected chi connectivity index (χ1v) is 8.36. The molecular formula is C19H25IN4O. The molecule has 3 N–H and O–H groups in total. The second-order valence-corrected chi connectivity index (χ2v) is 5.69. The zero-order chi connectivity index (χ0) is 16.8. The fourth-order valence-corrected chi connectivity index (χ4v) is 2.90. The number of aliphatic imine (C=N–C) groups is 1. The Kier molecular flexibility index (Phi) is 7.36. The Morgan fingerprint density at radius 3 is 2.76 bits per heavy atom. The number of hydrogen-bond donors (Lipinski definition) is 3. The first kappa shape index (κ1) is 19.4. The number of halogens is 1. The highest BCUT2D eigenvalue weighted by molar-refractivity contribution is 14.0. The summed E-state index contributed by atoms with van der Waals surface area (Å²) in [5.74, 6) is 1.67. The number of aryl methyl sites for hydroxylation is 1. The smallest absolute Gasteiger partial charge is 0.191 e. The summed E-state index contributed by atoms with van der Waals surface area (Å²) in [5, 5.41) is 7.91. The Balaban J connectivity index is 0.00000225. The zero-order valence-corrected chi connectivity index (χ0v) is 17.0. The lowest BCUT2D eigenvalue weighted by molar-refractivity contribution is 0.501. The van der Waals surface area contributed by atoms with E-state index in [4.69, 9.17) is 4.42 Å². The van der Waals surface area contributed by atoms with E-state index in [9.17, 15) is 0 Å². The van der Waals surface area contributed by atoms with Crippen molar-refractivity contribution in [3.8, 4) is 0 Å². The summed E-state index contributed by atoms with van der Waals surface area (Å²) in [7, 11) is 1.77. The van der Waals surface area contributed by atoms with Crippen molar-refractivity contribution in [3.63, 3.8) is 0 Å². The van der Waals surface area contributed by atoms with Crippen molar-refractivity contribution >= 4 is 40.8 Å². The lowest BCUT2D eigenvalue weighted by Gasteiger charge is -2.10. The minimum atomic E-state index is 0. The van der Waals surface area contributed by atoms with Gasteiger partial charge in [0.05, 0.1) is 12.8 Å². The minimum Gasteiger partial charge on any atom is -0.467 e.